The Morgan fingerprint density at radius 2 is 2.10 bits per heavy atom. The second-order valence-corrected chi connectivity index (χ2v) is 4.65. The maximum absolute atomic E-state index is 5.93. The molecule has 1 aromatic carbocycles. The summed E-state index contributed by atoms with van der Waals surface area (Å²) in [5, 5.41) is 0. The number of hydrogen-bond donors (Lipinski definition) is 1. The molecule has 4 nitrogen and oxygen atoms in total. The Morgan fingerprint density at radius 1 is 1.25 bits per heavy atom. The van der Waals surface area contributed by atoms with E-state index in [2.05, 4.69) is 11.1 Å². The van der Waals surface area contributed by atoms with Gasteiger partial charge < -0.3 is 15.2 Å². The minimum absolute atomic E-state index is 0.465. The first-order valence-electron chi connectivity index (χ1n) is 6.64. The molecule has 0 saturated heterocycles. The van der Waals surface area contributed by atoms with E-state index >= 15 is 0 Å². The van der Waals surface area contributed by atoms with Crippen LogP contribution in [0.3, 0.4) is 0 Å². The molecule has 0 bridgehead atoms. The Bertz CT molecular complexity index is 570. The molecular weight excluding hydrogens is 252 g/mol. The lowest BCUT2D eigenvalue weighted by Crippen LogP contribution is -2.06. The van der Waals surface area contributed by atoms with Crippen molar-refractivity contribution in [2.75, 3.05) is 13.7 Å². The third-order valence-corrected chi connectivity index (χ3v) is 3.01. The van der Waals surface area contributed by atoms with Gasteiger partial charge in [-0.25, -0.2) is 0 Å². The third kappa shape index (κ3) is 3.48. The van der Waals surface area contributed by atoms with E-state index in [9.17, 15) is 0 Å². The Kier molecular flexibility index (Phi) is 4.96. The predicted octanol–water partition coefficient (Wildman–Crippen LogP) is 2.48. The van der Waals surface area contributed by atoms with Gasteiger partial charge in [-0.05, 0) is 43.1 Å². The Hall–Kier alpha value is -2.07. The number of nitrogens with two attached hydrogens (primary N) is 1. The molecule has 0 saturated carbocycles. The van der Waals surface area contributed by atoms with E-state index in [4.69, 9.17) is 15.2 Å². The first-order chi connectivity index (χ1) is 9.74. The van der Waals surface area contributed by atoms with E-state index in [-0.39, 0.29) is 0 Å². The highest BCUT2D eigenvalue weighted by atomic mass is 16.5. The van der Waals surface area contributed by atoms with Crippen LogP contribution in [-0.4, -0.2) is 18.6 Å². The van der Waals surface area contributed by atoms with Crippen molar-refractivity contribution in [3.63, 3.8) is 0 Å². The summed E-state index contributed by atoms with van der Waals surface area (Å²) in [6.07, 6.45) is 4.40. The zero-order valence-corrected chi connectivity index (χ0v) is 11.9. The van der Waals surface area contributed by atoms with Crippen molar-refractivity contribution in [3.05, 3.63) is 53.3 Å². The Labute approximate surface area is 119 Å². The van der Waals surface area contributed by atoms with Crippen molar-refractivity contribution >= 4 is 0 Å². The van der Waals surface area contributed by atoms with Gasteiger partial charge >= 0.3 is 0 Å². The molecule has 20 heavy (non-hydrogen) atoms. The minimum Gasteiger partial charge on any atom is -0.493 e. The molecule has 1 aromatic heterocycles. The highest BCUT2D eigenvalue weighted by molar-refractivity contribution is 5.46. The lowest BCUT2D eigenvalue weighted by atomic mass is 10.1. The van der Waals surface area contributed by atoms with Crippen molar-refractivity contribution in [2.24, 2.45) is 5.73 Å². The van der Waals surface area contributed by atoms with Crippen molar-refractivity contribution in [3.8, 4) is 11.5 Å². The average molecular weight is 272 g/mol. The fraction of sp³-hybridized carbons (Fsp3) is 0.312. The summed E-state index contributed by atoms with van der Waals surface area (Å²) in [6.45, 7) is 3.06. The fourth-order valence-electron chi connectivity index (χ4n) is 2.09. The Morgan fingerprint density at radius 3 is 2.80 bits per heavy atom. The zero-order valence-electron chi connectivity index (χ0n) is 11.9. The minimum atomic E-state index is 0.465. The molecule has 2 rings (SSSR count). The van der Waals surface area contributed by atoms with Gasteiger partial charge in [-0.3, -0.25) is 4.98 Å². The van der Waals surface area contributed by atoms with Gasteiger partial charge in [0.2, 0.25) is 0 Å². The predicted molar refractivity (Wildman–Crippen MR) is 79.1 cm³/mol. The van der Waals surface area contributed by atoms with Gasteiger partial charge in [0.05, 0.1) is 7.11 Å². The molecule has 4 heteroatoms. The largest absolute Gasteiger partial charge is 0.493 e. The third-order valence-electron chi connectivity index (χ3n) is 3.01. The second kappa shape index (κ2) is 6.91. The number of pyridine rings is 1. The van der Waals surface area contributed by atoms with Gasteiger partial charge in [0, 0.05) is 18.0 Å². The van der Waals surface area contributed by atoms with Crippen LogP contribution in [-0.2, 0) is 13.0 Å². The van der Waals surface area contributed by atoms with Crippen LogP contribution in [0.1, 0.15) is 16.7 Å². The highest BCUT2D eigenvalue weighted by Crippen LogP contribution is 2.32. The van der Waals surface area contributed by atoms with Gasteiger partial charge in [0.25, 0.3) is 0 Å². The fourth-order valence-corrected chi connectivity index (χ4v) is 2.09. The number of aromatic nitrogens is 1. The molecule has 0 fully saturated rings. The summed E-state index contributed by atoms with van der Waals surface area (Å²) in [5.41, 5.74) is 8.86. The molecule has 106 valence electrons. The van der Waals surface area contributed by atoms with Gasteiger partial charge in [-0.2, -0.15) is 0 Å². The maximum atomic E-state index is 5.93. The molecule has 0 aliphatic carbocycles. The average Bonchev–Trinajstić information content (AvgIpc) is 2.46. The smallest absolute Gasteiger partial charge is 0.164 e. The van der Waals surface area contributed by atoms with Crippen LogP contribution < -0.4 is 15.2 Å². The van der Waals surface area contributed by atoms with Crippen LogP contribution in [0.5, 0.6) is 11.5 Å². The summed E-state index contributed by atoms with van der Waals surface area (Å²) >= 11 is 0. The molecular formula is C16H20N2O2. The van der Waals surface area contributed by atoms with E-state index in [1.165, 1.54) is 0 Å². The summed E-state index contributed by atoms with van der Waals surface area (Å²) in [6, 6.07) is 7.92. The second-order valence-electron chi connectivity index (χ2n) is 4.65. The summed E-state index contributed by atoms with van der Waals surface area (Å²) in [7, 11) is 1.64. The molecule has 1 heterocycles. The topological polar surface area (TPSA) is 57.4 Å². The van der Waals surface area contributed by atoms with E-state index in [1.807, 2.05) is 37.5 Å². The van der Waals surface area contributed by atoms with Crippen LogP contribution in [0.25, 0.3) is 0 Å². The number of para-hydroxylation sites is 1. The van der Waals surface area contributed by atoms with Gasteiger partial charge in [-0.1, -0.05) is 12.1 Å². The quantitative estimate of drug-likeness (QED) is 0.877. The first-order valence-corrected chi connectivity index (χ1v) is 6.64. The molecule has 0 unspecified atom stereocenters. The molecule has 0 amide bonds. The molecule has 0 aliphatic rings. The lowest BCUT2D eigenvalue weighted by Gasteiger charge is -2.14. The van der Waals surface area contributed by atoms with Crippen LogP contribution in [0, 0.1) is 6.92 Å². The molecule has 0 atom stereocenters. The van der Waals surface area contributed by atoms with Crippen molar-refractivity contribution in [1.29, 1.82) is 0 Å². The molecule has 0 aliphatic heterocycles. The number of methoxy groups -OCH3 is 1. The van der Waals surface area contributed by atoms with Crippen LogP contribution >= 0.6 is 0 Å². The monoisotopic (exact) mass is 272 g/mol. The van der Waals surface area contributed by atoms with Crippen LogP contribution in [0.4, 0.5) is 0 Å². The van der Waals surface area contributed by atoms with Gasteiger partial charge in [-0.15, -0.1) is 0 Å². The number of ether oxygens (including phenoxy) is 2. The summed E-state index contributed by atoms with van der Waals surface area (Å²) in [5.74, 6) is 1.50. The Balaban J connectivity index is 2.19. The number of nitrogens with zero attached hydrogens (tertiary/aromatic N) is 1. The molecule has 2 N–H and O–H groups in total. The number of rotatable bonds is 6. The lowest BCUT2D eigenvalue weighted by molar-refractivity contribution is 0.281. The van der Waals surface area contributed by atoms with E-state index < -0.39 is 0 Å². The maximum Gasteiger partial charge on any atom is 0.164 e. The number of hydrogen-bond acceptors (Lipinski definition) is 4. The number of benzene rings is 1. The van der Waals surface area contributed by atoms with E-state index in [0.29, 0.717) is 13.2 Å². The van der Waals surface area contributed by atoms with E-state index in [0.717, 1.165) is 34.6 Å². The zero-order chi connectivity index (χ0) is 14.4. The molecule has 0 radical (unpaired) electrons. The van der Waals surface area contributed by atoms with Gasteiger partial charge in [0.1, 0.15) is 6.61 Å². The van der Waals surface area contributed by atoms with Crippen LogP contribution in [0.15, 0.2) is 36.7 Å². The SMILES string of the molecule is COc1cccc(CCN)c1OCc1cncc(C)c1. The van der Waals surface area contributed by atoms with Crippen LogP contribution in [0.2, 0.25) is 0 Å². The standard InChI is InChI=1S/C16H20N2O2/c1-12-8-13(10-18-9-12)11-20-16-14(6-7-17)4-3-5-15(16)19-2/h3-5,8-10H,6-7,11,17H2,1-2H3. The van der Waals surface area contributed by atoms with Crippen molar-refractivity contribution < 1.29 is 9.47 Å². The van der Waals surface area contributed by atoms with Gasteiger partial charge in [0.15, 0.2) is 11.5 Å². The van der Waals surface area contributed by atoms with Crippen molar-refractivity contribution in [2.45, 2.75) is 20.0 Å². The van der Waals surface area contributed by atoms with E-state index in [1.54, 1.807) is 7.11 Å². The highest BCUT2D eigenvalue weighted by Gasteiger charge is 2.10. The first kappa shape index (κ1) is 14.3. The number of aryl methyl sites for hydroxylation is 1. The summed E-state index contributed by atoms with van der Waals surface area (Å²) < 4.78 is 11.3. The van der Waals surface area contributed by atoms with Crippen molar-refractivity contribution in [1.82, 2.24) is 4.98 Å². The molecule has 0 spiro atoms. The summed E-state index contributed by atoms with van der Waals surface area (Å²) in [4.78, 5) is 4.17. The molecule has 2 aromatic rings. The normalized spacial score (nSPS) is 10.3.